The molecular weight excluding hydrogens is 483 g/mol. The predicted molar refractivity (Wildman–Crippen MR) is 122 cm³/mol. The third kappa shape index (κ3) is 6.37. The first-order valence-corrected chi connectivity index (χ1v) is 12.8. The third-order valence-electron chi connectivity index (χ3n) is 5.97. The van der Waals surface area contributed by atoms with Crippen molar-refractivity contribution in [2.24, 2.45) is 0 Å². The number of rotatable bonds is 8. The Morgan fingerprint density at radius 1 is 1.17 bits per heavy atom. The van der Waals surface area contributed by atoms with Crippen LogP contribution in [-0.2, 0) is 16.4 Å². The van der Waals surface area contributed by atoms with Crippen LogP contribution in [0.3, 0.4) is 0 Å². The lowest BCUT2D eigenvalue weighted by molar-refractivity contribution is -0.154. The molecule has 2 heterocycles. The first-order chi connectivity index (χ1) is 16.6. The summed E-state index contributed by atoms with van der Waals surface area (Å²) in [4.78, 5) is 3.98. The molecule has 2 atom stereocenters. The van der Waals surface area contributed by atoms with E-state index >= 15 is 0 Å². The molecule has 0 bridgehead atoms. The first-order valence-electron chi connectivity index (χ1n) is 11.3. The Labute approximate surface area is 201 Å². The molecular formula is C23H26F3N5O3S. The van der Waals surface area contributed by atoms with Crippen molar-refractivity contribution < 1.29 is 26.3 Å². The minimum atomic E-state index is -4.52. The fraction of sp³-hybridized carbons (Fsp3) is 0.435. The highest BCUT2D eigenvalue weighted by atomic mass is 32.2. The number of ether oxygens (including phenoxy) is 1. The molecule has 188 valence electrons. The number of aryl methyl sites for hydroxylation is 1. The Balaban J connectivity index is 1.60. The van der Waals surface area contributed by atoms with Gasteiger partial charge in [-0.25, -0.2) is 18.1 Å². The van der Waals surface area contributed by atoms with E-state index < -0.39 is 22.8 Å². The number of benzene rings is 1. The zero-order chi connectivity index (χ0) is 25.1. The van der Waals surface area contributed by atoms with Crippen molar-refractivity contribution in [3.63, 3.8) is 0 Å². The second kappa shape index (κ2) is 10.3. The van der Waals surface area contributed by atoms with E-state index in [1.807, 2.05) is 11.5 Å². The van der Waals surface area contributed by atoms with Gasteiger partial charge in [-0.2, -0.15) is 13.2 Å². The van der Waals surface area contributed by atoms with Crippen molar-refractivity contribution in [3.8, 4) is 17.0 Å². The predicted octanol–water partition coefficient (Wildman–Crippen LogP) is 4.31. The van der Waals surface area contributed by atoms with E-state index in [1.54, 1.807) is 36.9 Å². The summed E-state index contributed by atoms with van der Waals surface area (Å²) in [6.45, 7) is 0.380. The standard InChI is InChI=1S/C23H26F3N5O3S/c1-2-16-9-17(21-7-4-8-27-22(21)34-13-23(24,25)26)11-20(10-16)35(32,33)30-18-5-3-6-19(12-18)31-14-28-29-15-31/h4,7-11,14-15,18-19,30H,2-3,5-6,12-13H2,1H3. The zero-order valence-electron chi connectivity index (χ0n) is 19.1. The number of nitrogens with zero attached hydrogens (tertiary/aromatic N) is 4. The number of pyridine rings is 1. The van der Waals surface area contributed by atoms with Crippen LogP contribution in [0.25, 0.3) is 11.1 Å². The van der Waals surface area contributed by atoms with Gasteiger partial charge >= 0.3 is 6.18 Å². The molecule has 1 N–H and O–H groups in total. The van der Waals surface area contributed by atoms with E-state index in [0.717, 1.165) is 18.4 Å². The van der Waals surface area contributed by atoms with E-state index in [1.165, 1.54) is 12.3 Å². The molecule has 2 aromatic heterocycles. The van der Waals surface area contributed by atoms with Crippen LogP contribution in [0.15, 0.2) is 54.1 Å². The van der Waals surface area contributed by atoms with Gasteiger partial charge in [0, 0.05) is 23.8 Å². The fourth-order valence-corrected chi connectivity index (χ4v) is 5.66. The van der Waals surface area contributed by atoms with Gasteiger partial charge in [-0.1, -0.05) is 13.0 Å². The summed E-state index contributed by atoms with van der Waals surface area (Å²) >= 11 is 0. The van der Waals surface area contributed by atoms with Crippen LogP contribution < -0.4 is 9.46 Å². The molecule has 8 nitrogen and oxygen atoms in total. The van der Waals surface area contributed by atoms with Crippen molar-refractivity contribution in [1.29, 1.82) is 0 Å². The molecule has 0 aliphatic heterocycles. The van der Waals surface area contributed by atoms with Gasteiger partial charge in [-0.3, -0.25) is 0 Å². The highest BCUT2D eigenvalue weighted by Crippen LogP contribution is 2.33. The van der Waals surface area contributed by atoms with Gasteiger partial charge in [0.2, 0.25) is 15.9 Å². The van der Waals surface area contributed by atoms with Gasteiger partial charge in [-0.05, 0) is 67.5 Å². The van der Waals surface area contributed by atoms with Crippen LogP contribution >= 0.6 is 0 Å². The molecule has 0 spiro atoms. The SMILES string of the molecule is CCc1cc(-c2cccnc2OCC(F)(F)F)cc(S(=O)(=O)NC2CCCC(n3cnnc3)C2)c1. The summed E-state index contributed by atoms with van der Waals surface area (Å²) in [5, 5.41) is 7.66. The number of aromatic nitrogens is 4. The van der Waals surface area contributed by atoms with Crippen molar-refractivity contribution >= 4 is 10.0 Å². The maximum Gasteiger partial charge on any atom is 0.422 e. The van der Waals surface area contributed by atoms with Crippen LogP contribution in [-0.4, -0.2) is 47.0 Å². The summed E-state index contributed by atoms with van der Waals surface area (Å²) in [6, 6.07) is 7.72. The second-order valence-electron chi connectivity index (χ2n) is 8.53. The molecule has 35 heavy (non-hydrogen) atoms. The lowest BCUT2D eigenvalue weighted by atomic mass is 9.91. The van der Waals surface area contributed by atoms with Crippen LogP contribution in [0.2, 0.25) is 0 Å². The summed E-state index contributed by atoms with van der Waals surface area (Å²) in [5.74, 6) is -0.210. The van der Waals surface area contributed by atoms with E-state index in [4.69, 9.17) is 4.74 Å². The second-order valence-corrected chi connectivity index (χ2v) is 10.2. The Bertz CT molecular complexity index is 1250. The molecule has 0 radical (unpaired) electrons. The molecule has 1 aromatic carbocycles. The number of hydrogen-bond acceptors (Lipinski definition) is 6. The van der Waals surface area contributed by atoms with Gasteiger partial charge in [0.05, 0.1) is 4.90 Å². The third-order valence-corrected chi connectivity index (χ3v) is 7.47. The van der Waals surface area contributed by atoms with Gasteiger partial charge in [0.1, 0.15) is 12.7 Å². The normalized spacial score (nSPS) is 19.0. The molecule has 0 amide bonds. The molecule has 1 aliphatic rings. The van der Waals surface area contributed by atoms with E-state index in [9.17, 15) is 21.6 Å². The van der Waals surface area contributed by atoms with Gasteiger partial charge in [-0.15, -0.1) is 10.2 Å². The smallest absolute Gasteiger partial charge is 0.422 e. The monoisotopic (exact) mass is 509 g/mol. The molecule has 12 heteroatoms. The number of sulfonamides is 1. The van der Waals surface area contributed by atoms with Gasteiger partial charge in [0.15, 0.2) is 6.61 Å². The Morgan fingerprint density at radius 3 is 2.66 bits per heavy atom. The number of alkyl halides is 3. The van der Waals surface area contributed by atoms with Crippen LogP contribution in [0.5, 0.6) is 5.88 Å². The molecule has 0 saturated heterocycles. The number of halogens is 3. The average molecular weight is 510 g/mol. The summed E-state index contributed by atoms with van der Waals surface area (Å²) in [5.41, 5.74) is 1.43. The maximum atomic E-state index is 13.3. The van der Waals surface area contributed by atoms with E-state index in [0.29, 0.717) is 24.8 Å². The first kappa shape index (κ1) is 25.1. The summed E-state index contributed by atoms with van der Waals surface area (Å²) < 4.78 is 74.4. The fourth-order valence-electron chi connectivity index (χ4n) is 4.28. The molecule has 1 aliphatic carbocycles. The van der Waals surface area contributed by atoms with Crippen molar-refractivity contribution in [3.05, 3.63) is 54.7 Å². The Kier molecular flexibility index (Phi) is 7.41. The van der Waals surface area contributed by atoms with Crippen LogP contribution in [0.1, 0.15) is 44.2 Å². The van der Waals surface area contributed by atoms with Crippen molar-refractivity contribution in [2.75, 3.05) is 6.61 Å². The van der Waals surface area contributed by atoms with Crippen LogP contribution in [0, 0.1) is 0 Å². The molecule has 1 saturated carbocycles. The Morgan fingerprint density at radius 2 is 1.94 bits per heavy atom. The highest BCUT2D eigenvalue weighted by molar-refractivity contribution is 7.89. The maximum absolute atomic E-state index is 13.3. The van der Waals surface area contributed by atoms with Crippen molar-refractivity contribution in [1.82, 2.24) is 24.5 Å². The quantitative estimate of drug-likeness (QED) is 0.486. The molecule has 3 aromatic rings. The summed E-state index contributed by atoms with van der Waals surface area (Å²) in [7, 11) is -3.90. The minimum Gasteiger partial charge on any atom is -0.468 e. The lowest BCUT2D eigenvalue weighted by Crippen LogP contribution is -2.38. The van der Waals surface area contributed by atoms with Gasteiger partial charge < -0.3 is 9.30 Å². The number of hydrogen-bond donors (Lipinski definition) is 1. The topological polar surface area (TPSA) is 99.0 Å². The van der Waals surface area contributed by atoms with Crippen LogP contribution in [0.4, 0.5) is 13.2 Å². The van der Waals surface area contributed by atoms with E-state index in [2.05, 4.69) is 19.9 Å². The largest absolute Gasteiger partial charge is 0.468 e. The lowest BCUT2D eigenvalue weighted by Gasteiger charge is -2.30. The molecule has 2 unspecified atom stereocenters. The van der Waals surface area contributed by atoms with E-state index in [-0.39, 0.29) is 28.4 Å². The number of nitrogens with one attached hydrogen (secondary N) is 1. The Hall–Kier alpha value is -2.99. The zero-order valence-corrected chi connectivity index (χ0v) is 19.9. The van der Waals surface area contributed by atoms with Gasteiger partial charge in [0.25, 0.3) is 0 Å². The average Bonchev–Trinajstić information content (AvgIpc) is 3.37. The van der Waals surface area contributed by atoms with Crippen molar-refractivity contribution in [2.45, 2.75) is 62.2 Å². The molecule has 1 fully saturated rings. The summed E-state index contributed by atoms with van der Waals surface area (Å²) in [6.07, 6.45) is 3.67. The molecule has 4 rings (SSSR count). The minimum absolute atomic E-state index is 0.0453. The highest BCUT2D eigenvalue weighted by Gasteiger charge is 2.30.